The molecule has 0 aliphatic carbocycles. The molecule has 2 aromatic rings. The van der Waals surface area contributed by atoms with Crippen molar-refractivity contribution >= 4 is 33.2 Å². The summed E-state index contributed by atoms with van der Waals surface area (Å²) >= 11 is 0. The zero-order chi connectivity index (χ0) is 22.3. The Bertz CT molecular complexity index is 1180. The van der Waals surface area contributed by atoms with E-state index in [9.17, 15) is 22.4 Å². The fourth-order valence-electron chi connectivity index (χ4n) is 3.81. The number of aryl methyl sites for hydroxylation is 2. The van der Waals surface area contributed by atoms with Crippen molar-refractivity contribution in [2.75, 3.05) is 23.8 Å². The first-order valence-corrected chi connectivity index (χ1v) is 11.3. The maximum atomic E-state index is 13.8. The summed E-state index contributed by atoms with van der Waals surface area (Å²) in [7, 11) is -4.01. The number of fused-ring (bicyclic) bond motifs is 1. The molecule has 0 spiro atoms. The number of nitrogens with one attached hydrogen (secondary N) is 2. The number of ether oxygens (including phenoxy) is 1. The average molecular weight is 447 g/mol. The second-order valence-electron chi connectivity index (χ2n) is 7.68. The smallest absolute Gasteiger partial charge is 0.262 e. The van der Waals surface area contributed by atoms with Crippen molar-refractivity contribution in [1.82, 2.24) is 4.31 Å². The molecular weight excluding hydrogens is 425 g/mol. The molecule has 8 nitrogen and oxygen atoms in total. The molecule has 10 heteroatoms. The van der Waals surface area contributed by atoms with Gasteiger partial charge in [0.1, 0.15) is 17.6 Å². The maximum absolute atomic E-state index is 13.8. The van der Waals surface area contributed by atoms with Gasteiger partial charge >= 0.3 is 0 Å². The number of hydrogen-bond acceptors (Lipinski definition) is 5. The van der Waals surface area contributed by atoms with Gasteiger partial charge in [-0.1, -0.05) is 6.07 Å². The highest BCUT2D eigenvalue weighted by Gasteiger charge is 2.40. The molecule has 2 aromatic carbocycles. The molecule has 0 radical (unpaired) electrons. The largest absolute Gasteiger partial charge is 0.482 e. The van der Waals surface area contributed by atoms with E-state index in [1.807, 2.05) is 0 Å². The minimum atomic E-state index is -4.01. The number of rotatable bonds is 4. The van der Waals surface area contributed by atoms with Gasteiger partial charge in [-0.2, -0.15) is 4.31 Å². The molecule has 1 fully saturated rings. The van der Waals surface area contributed by atoms with Crippen molar-refractivity contribution in [1.29, 1.82) is 0 Å². The summed E-state index contributed by atoms with van der Waals surface area (Å²) in [5, 5.41) is 5.26. The summed E-state index contributed by atoms with van der Waals surface area (Å²) in [6.07, 6.45) is 0.881. The van der Waals surface area contributed by atoms with E-state index in [-0.39, 0.29) is 35.4 Å². The van der Waals surface area contributed by atoms with E-state index in [1.165, 1.54) is 16.4 Å². The molecule has 2 aliphatic heterocycles. The van der Waals surface area contributed by atoms with Crippen LogP contribution in [0, 0.1) is 19.7 Å². The Labute approximate surface area is 179 Å². The number of sulfonamides is 1. The molecule has 0 saturated carbocycles. The van der Waals surface area contributed by atoms with Crippen LogP contribution in [0.25, 0.3) is 0 Å². The lowest BCUT2D eigenvalue weighted by atomic mass is 10.2. The van der Waals surface area contributed by atoms with E-state index >= 15 is 0 Å². The molecule has 1 atom stereocenters. The number of nitrogens with zero attached hydrogens (tertiary/aromatic N) is 1. The van der Waals surface area contributed by atoms with Gasteiger partial charge in [-0.25, -0.2) is 12.8 Å². The molecule has 0 aromatic heterocycles. The van der Waals surface area contributed by atoms with Crippen LogP contribution in [0.15, 0.2) is 35.2 Å². The van der Waals surface area contributed by atoms with Crippen LogP contribution in [0.2, 0.25) is 0 Å². The van der Waals surface area contributed by atoms with Gasteiger partial charge in [-0.3, -0.25) is 9.59 Å². The van der Waals surface area contributed by atoms with Crippen LogP contribution in [-0.2, 0) is 19.6 Å². The highest BCUT2D eigenvalue weighted by molar-refractivity contribution is 7.89. The van der Waals surface area contributed by atoms with E-state index in [1.54, 1.807) is 32.0 Å². The third kappa shape index (κ3) is 4.00. The molecule has 164 valence electrons. The van der Waals surface area contributed by atoms with Gasteiger partial charge in [-0.05, 0) is 56.0 Å². The van der Waals surface area contributed by atoms with Crippen molar-refractivity contribution in [2.45, 2.75) is 37.6 Å². The van der Waals surface area contributed by atoms with E-state index in [0.29, 0.717) is 29.7 Å². The topological polar surface area (TPSA) is 105 Å². The fourth-order valence-corrected chi connectivity index (χ4v) is 5.69. The monoisotopic (exact) mass is 447 g/mol. The summed E-state index contributed by atoms with van der Waals surface area (Å²) in [5.74, 6) is -1.01. The average Bonchev–Trinajstić information content (AvgIpc) is 3.21. The summed E-state index contributed by atoms with van der Waals surface area (Å²) in [6.45, 7) is 3.23. The Morgan fingerprint density at radius 1 is 1.23 bits per heavy atom. The Balaban J connectivity index is 1.61. The van der Waals surface area contributed by atoms with Gasteiger partial charge in [0.15, 0.2) is 6.61 Å². The SMILES string of the molecule is Cc1ccc(NC(=O)[C@H]2CCCN2S(=O)(=O)c2cc3c(cc2C)NC(=O)CO3)cc1F. The summed E-state index contributed by atoms with van der Waals surface area (Å²) in [5.41, 5.74) is 1.55. The van der Waals surface area contributed by atoms with E-state index in [0.717, 1.165) is 0 Å². The first-order chi connectivity index (χ1) is 14.7. The fraction of sp³-hybridized carbons (Fsp3) is 0.333. The molecule has 0 unspecified atom stereocenters. The maximum Gasteiger partial charge on any atom is 0.262 e. The second kappa shape index (κ2) is 7.93. The molecule has 2 aliphatic rings. The molecule has 2 amide bonds. The molecule has 2 heterocycles. The van der Waals surface area contributed by atoms with Crippen molar-refractivity contribution in [3.8, 4) is 5.75 Å². The molecule has 2 N–H and O–H groups in total. The summed E-state index contributed by atoms with van der Waals surface area (Å²) in [6, 6.07) is 6.33. The number of carbonyl (C=O) groups excluding carboxylic acids is 2. The highest BCUT2D eigenvalue weighted by Crippen LogP contribution is 2.36. The Kier molecular flexibility index (Phi) is 5.44. The number of anilines is 2. The van der Waals surface area contributed by atoms with Crippen LogP contribution < -0.4 is 15.4 Å². The van der Waals surface area contributed by atoms with Crippen LogP contribution in [-0.4, -0.2) is 43.7 Å². The van der Waals surface area contributed by atoms with Gasteiger partial charge in [0, 0.05) is 18.3 Å². The van der Waals surface area contributed by atoms with Gasteiger partial charge < -0.3 is 15.4 Å². The molecule has 0 bridgehead atoms. The van der Waals surface area contributed by atoms with Gasteiger partial charge in [0.05, 0.1) is 10.6 Å². The minimum Gasteiger partial charge on any atom is -0.482 e. The van der Waals surface area contributed by atoms with Crippen molar-refractivity contribution < 1.29 is 27.1 Å². The minimum absolute atomic E-state index is 0.0171. The lowest BCUT2D eigenvalue weighted by Crippen LogP contribution is -2.43. The third-order valence-corrected chi connectivity index (χ3v) is 7.49. The molecule has 1 saturated heterocycles. The van der Waals surface area contributed by atoms with Crippen LogP contribution in [0.5, 0.6) is 5.75 Å². The standard InChI is InChI=1S/C21H22FN3O5S/c1-12-5-6-14(9-15(12)22)23-21(27)17-4-3-7-25(17)31(28,29)19-10-18-16(8-13(19)2)24-20(26)11-30-18/h5-6,8-10,17H,3-4,7,11H2,1-2H3,(H,23,27)(H,24,26)/t17-/m1/s1. The van der Waals surface area contributed by atoms with E-state index in [4.69, 9.17) is 4.74 Å². The quantitative estimate of drug-likeness (QED) is 0.750. The Morgan fingerprint density at radius 3 is 2.74 bits per heavy atom. The van der Waals surface area contributed by atoms with Gasteiger partial charge in [-0.15, -0.1) is 0 Å². The van der Waals surface area contributed by atoms with Gasteiger partial charge in [0.2, 0.25) is 15.9 Å². The van der Waals surface area contributed by atoms with Crippen molar-refractivity contribution in [2.24, 2.45) is 0 Å². The lowest BCUT2D eigenvalue weighted by molar-refractivity contribution is -0.119. The van der Waals surface area contributed by atoms with Crippen molar-refractivity contribution in [3.63, 3.8) is 0 Å². The van der Waals surface area contributed by atoms with Crippen LogP contribution in [0.1, 0.15) is 24.0 Å². The predicted molar refractivity (Wildman–Crippen MR) is 112 cm³/mol. The number of halogens is 1. The Morgan fingerprint density at radius 2 is 2.00 bits per heavy atom. The van der Waals surface area contributed by atoms with E-state index < -0.39 is 27.8 Å². The number of hydrogen-bond donors (Lipinski definition) is 2. The summed E-state index contributed by atoms with van der Waals surface area (Å²) in [4.78, 5) is 24.4. The van der Waals surface area contributed by atoms with Crippen LogP contribution in [0.3, 0.4) is 0 Å². The molecule has 4 rings (SSSR count). The van der Waals surface area contributed by atoms with E-state index in [2.05, 4.69) is 10.6 Å². The normalized spacial score (nSPS) is 18.8. The van der Waals surface area contributed by atoms with Crippen molar-refractivity contribution in [3.05, 3.63) is 47.3 Å². The van der Waals surface area contributed by atoms with Gasteiger partial charge in [0.25, 0.3) is 5.91 Å². The predicted octanol–water partition coefficient (Wildman–Crippen LogP) is 2.57. The van der Waals surface area contributed by atoms with Crippen LogP contribution >= 0.6 is 0 Å². The lowest BCUT2D eigenvalue weighted by Gasteiger charge is -2.26. The number of benzene rings is 2. The number of carbonyl (C=O) groups is 2. The summed E-state index contributed by atoms with van der Waals surface area (Å²) < 4.78 is 47.2. The zero-order valence-electron chi connectivity index (χ0n) is 17.1. The molecule has 31 heavy (non-hydrogen) atoms. The first-order valence-electron chi connectivity index (χ1n) is 9.83. The second-order valence-corrected chi connectivity index (χ2v) is 9.54. The number of amides is 2. The first kappa shape index (κ1) is 21.3. The zero-order valence-corrected chi connectivity index (χ0v) is 17.9. The Hall–Kier alpha value is -2.98. The highest BCUT2D eigenvalue weighted by atomic mass is 32.2. The molecular formula is C21H22FN3O5S. The third-order valence-electron chi connectivity index (χ3n) is 5.44. The van der Waals surface area contributed by atoms with Crippen LogP contribution in [0.4, 0.5) is 15.8 Å².